The molecule has 5 nitrogen and oxygen atoms in total. The molecule has 1 amide bonds. The van der Waals surface area contributed by atoms with Crippen molar-refractivity contribution in [1.29, 1.82) is 0 Å². The Kier molecular flexibility index (Phi) is 6.94. The second-order valence-electron chi connectivity index (χ2n) is 6.54. The summed E-state index contributed by atoms with van der Waals surface area (Å²) in [6, 6.07) is 10.1. The fourth-order valence-electron chi connectivity index (χ4n) is 2.84. The third-order valence-corrected chi connectivity index (χ3v) is 5.46. The molecule has 0 radical (unpaired) electrons. The predicted octanol–water partition coefficient (Wildman–Crippen LogP) is 4.08. The Morgan fingerprint density at radius 1 is 1.15 bits per heavy atom. The van der Waals surface area contributed by atoms with Gasteiger partial charge < -0.3 is 15.4 Å². The number of methoxy groups -OCH3 is 1. The Bertz CT molecular complexity index is 769. The normalized spacial score (nSPS) is 12.1. The SMILES string of the molecule is COC(=O)c1c(NC(=O)CN[C@@H](c2ccccc2)C(C)C)sc(C)c1C. The van der Waals surface area contributed by atoms with Gasteiger partial charge in [-0.25, -0.2) is 4.79 Å². The zero-order valence-electron chi connectivity index (χ0n) is 15.9. The molecule has 1 aromatic carbocycles. The number of anilines is 1. The quantitative estimate of drug-likeness (QED) is 0.717. The highest BCUT2D eigenvalue weighted by Gasteiger charge is 2.22. The summed E-state index contributed by atoms with van der Waals surface area (Å²) < 4.78 is 4.84. The number of ether oxygens (including phenoxy) is 1. The van der Waals surface area contributed by atoms with E-state index in [0.717, 1.165) is 16.0 Å². The van der Waals surface area contributed by atoms with Crippen molar-refractivity contribution in [2.75, 3.05) is 19.0 Å². The maximum absolute atomic E-state index is 12.4. The molecule has 0 aliphatic carbocycles. The average molecular weight is 375 g/mol. The Labute approximate surface area is 158 Å². The lowest BCUT2D eigenvalue weighted by Crippen LogP contribution is -2.33. The van der Waals surface area contributed by atoms with Crippen molar-refractivity contribution < 1.29 is 14.3 Å². The molecule has 0 saturated heterocycles. The van der Waals surface area contributed by atoms with Crippen LogP contribution in [0.3, 0.4) is 0 Å². The zero-order valence-corrected chi connectivity index (χ0v) is 16.7. The van der Waals surface area contributed by atoms with Gasteiger partial charge in [0.25, 0.3) is 0 Å². The maximum Gasteiger partial charge on any atom is 0.341 e. The van der Waals surface area contributed by atoms with E-state index in [-0.39, 0.29) is 18.5 Å². The molecular weight excluding hydrogens is 348 g/mol. The van der Waals surface area contributed by atoms with Crippen molar-refractivity contribution in [3.8, 4) is 0 Å². The molecule has 2 aromatic rings. The summed E-state index contributed by atoms with van der Waals surface area (Å²) in [4.78, 5) is 25.4. The highest BCUT2D eigenvalue weighted by atomic mass is 32.1. The van der Waals surface area contributed by atoms with Crippen molar-refractivity contribution in [3.63, 3.8) is 0 Å². The number of benzene rings is 1. The minimum Gasteiger partial charge on any atom is -0.465 e. The van der Waals surface area contributed by atoms with Crippen LogP contribution in [0.4, 0.5) is 5.00 Å². The highest BCUT2D eigenvalue weighted by molar-refractivity contribution is 7.16. The van der Waals surface area contributed by atoms with Gasteiger partial charge in [0.15, 0.2) is 0 Å². The zero-order chi connectivity index (χ0) is 19.3. The first-order valence-corrected chi connectivity index (χ1v) is 9.43. The van der Waals surface area contributed by atoms with Crippen LogP contribution in [0.15, 0.2) is 30.3 Å². The van der Waals surface area contributed by atoms with E-state index < -0.39 is 5.97 Å². The number of aryl methyl sites for hydroxylation is 1. The second kappa shape index (κ2) is 8.96. The topological polar surface area (TPSA) is 67.4 Å². The lowest BCUT2D eigenvalue weighted by atomic mass is 9.96. The summed E-state index contributed by atoms with van der Waals surface area (Å²) in [6.07, 6.45) is 0. The molecule has 0 spiro atoms. The molecule has 0 aliphatic rings. The Morgan fingerprint density at radius 3 is 2.38 bits per heavy atom. The molecule has 26 heavy (non-hydrogen) atoms. The van der Waals surface area contributed by atoms with E-state index in [2.05, 4.69) is 36.6 Å². The minimum absolute atomic E-state index is 0.0776. The molecule has 1 aromatic heterocycles. The van der Waals surface area contributed by atoms with E-state index in [1.54, 1.807) is 0 Å². The number of thiophene rings is 1. The van der Waals surface area contributed by atoms with Gasteiger partial charge in [-0.2, -0.15) is 0 Å². The summed E-state index contributed by atoms with van der Waals surface area (Å²) in [5, 5.41) is 6.71. The summed E-state index contributed by atoms with van der Waals surface area (Å²) in [6.45, 7) is 8.17. The third-order valence-electron chi connectivity index (χ3n) is 4.34. The van der Waals surface area contributed by atoms with E-state index >= 15 is 0 Å². The Morgan fingerprint density at radius 2 is 1.81 bits per heavy atom. The van der Waals surface area contributed by atoms with Crippen LogP contribution in [-0.4, -0.2) is 25.5 Å². The number of carbonyl (C=O) groups excluding carboxylic acids is 2. The first kappa shape index (κ1) is 20.1. The van der Waals surface area contributed by atoms with Crippen molar-refractivity contribution in [1.82, 2.24) is 5.32 Å². The Balaban J connectivity index is 2.07. The fourth-order valence-corrected chi connectivity index (χ4v) is 3.90. The molecule has 0 fully saturated rings. The molecule has 0 saturated carbocycles. The van der Waals surface area contributed by atoms with Gasteiger partial charge in [0.1, 0.15) is 5.00 Å². The van der Waals surface area contributed by atoms with Crippen LogP contribution in [0.1, 0.15) is 46.3 Å². The first-order valence-electron chi connectivity index (χ1n) is 8.61. The van der Waals surface area contributed by atoms with Crippen LogP contribution in [-0.2, 0) is 9.53 Å². The van der Waals surface area contributed by atoms with E-state index in [4.69, 9.17) is 4.74 Å². The molecule has 0 unspecified atom stereocenters. The molecular formula is C20H26N2O3S. The van der Waals surface area contributed by atoms with Gasteiger partial charge >= 0.3 is 5.97 Å². The fraction of sp³-hybridized carbons (Fsp3) is 0.400. The summed E-state index contributed by atoms with van der Waals surface area (Å²) >= 11 is 1.39. The lowest BCUT2D eigenvalue weighted by Gasteiger charge is -2.22. The molecule has 6 heteroatoms. The van der Waals surface area contributed by atoms with Crippen molar-refractivity contribution >= 4 is 28.2 Å². The number of carbonyl (C=O) groups is 2. The van der Waals surface area contributed by atoms with Crippen molar-refractivity contribution in [3.05, 3.63) is 51.9 Å². The van der Waals surface area contributed by atoms with Crippen LogP contribution in [0, 0.1) is 19.8 Å². The molecule has 2 N–H and O–H groups in total. The first-order chi connectivity index (χ1) is 12.3. The summed E-state index contributed by atoms with van der Waals surface area (Å²) in [7, 11) is 1.34. The number of esters is 1. The van der Waals surface area contributed by atoms with Crippen molar-refractivity contribution in [2.24, 2.45) is 5.92 Å². The summed E-state index contributed by atoms with van der Waals surface area (Å²) in [5.74, 6) is -0.278. The molecule has 0 bridgehead atoms. The monoisotopic (exact) mass is 374 g/mol. The highest BCUT2D eigenvalue weighted by Crippen LogP contribution is 2.32. The number of hydrogen-bond donors (Lipinski definition) is 2. The Hall–Kier alpha value is -2.18. The maximum atomic E-state index is 12.4. The number of nitrogens with one attached hydrogen (secondary N) is 2. The average Bonchev–Trinajstić information content (AvgIpc) is 2.89. The van der Waals surface area contributed by atoms with Gasteiger partial charge in [0.05, 0.1) is 19.2 Å². The van der Waals surface area contributed by atoms with Crippen LogP contribution in [0.2, 0.25) is 0 Å². The van der Waals surface area contributed by atoms with E-state index in [1.165, 1.54) is 18.4 Å². The lowest BCUT2D eigenvalue weighted by molar-refractivity contribution is -0.115. The number of hydrogen-bond acceptors (Lipinski definition) is 5. The van der Waals surface area contributed by atoms with Gasteiger partial charge in [-0.05, 0) is 30.9 Å². The standard InChI is InChI=1S/C20H26N2O3S/c1-12(2)18(15-9-7-6-8-10-15)21-11-16(23)22-19-17(20(24)25-5)13(3)14(4)26-19/h6-10,12,18,21H,11H2,1-5H3,(H,22,23)/t18-/m1/s1. The van der Waals surface area contributed by atoms with Crippen LogP contribution in [0.25, 0.3) is 0 Å². The van der Waals surface area contributed by atoms with Crippen LogP contribution >= 0.6 is 11.3 Å². The molecule has 1 atom stereocenters. The second-order valence-corrected chi connectivity index (χ2v) is 7.77. The largest absolute Gasteiger partial charge is 0.465 e. The number of rotatable bonds is 7. The number of amides is 1. The third kappa shape index (κ3) is 4.71. The van der Waals surface area contributed by atoms with E-state index in [0.29, 0.717) is 16.5 Å². The molecule has 1 heterocycles. The van der Waals surface area contributed by atoms with E-state index in [1.807, 2.05) is 32.0 Å². The summed E-state index contributed by atoms with van der Waals surface area (Å²) in [5.41, 5.74) is 2.43. The van der Waals surface area contributed by atoms with Crippen LogP contribution in [0.5, 0.6) is 0 Å². The minimum atomic E-state index is -0.431. The smallest absolute Gasteiger partial charge is 0.341 e. The molecule has 2 rings (SSSR count). The van der Waals surface area contributed by atoms with Gasteiger partial charge in [-0.1, -0.05) is 44.2 Å². The molecule has 0 aliphatic heterocycles. The van der Waals surface area contributed by atoms with Crippen LogP contribution < -0.4 is 10.6 Å². The van der Waals surface area contributed by atoms with Crippen molar-refractivity contribution in [2.45, 2.75) is 33.7 Å². The van der Waals surface area contributed by atoms with E-state index in [9.17, 15) is 9.59 Å². The van der Waals surface area contributed by atoms with Gasteiger partial charge in [-0.3, -0.25) is 4.79 Å². The predicted molar refractivity (Wildman–Crippen MR) is 106 cm³/mol. The van der Waals surface area contributed by atoms with Gasteiger partial charge in [-0.15, -0.1) is 11.3 Å². The van der Waals surface area contributed by atoms with Gasteiger partial charge in [0, 0.05) is 10.9 Å². The van der Waals surface area contributed by atoms with Gasteiger partial charge in [0.2, 0.25) is 5.91 Å². The molecule has 140 valence electrons.